The van der Waals surface area contributed by atoms with Crippen molar-refractivity contribution in [1.29, 1.82) is 0 Å². The fourth-order valence-corrected chi connectivity index (χ4v) is 14.3. The van der Waals surface area contributed by atoms with Gasteiger partial charge in [-0.1, -0.05) is 259 Å². The smallest absolute Gasteiger partial charge is 0.252 e. The number of benzene rings is 11. The molecule has 0 amide bonds. The van der Waals surface area contributed by atoms with E-state index in [4.69, 9.17) is 0 Å². The molecule has 0 saturated heterocycles. The summed E-state index contributed by atoms with van der Waals surface area (Å²) < 4.78 is 0. The Kier molecular flexibility index (Phi) is 13.1. The van der Waals surface area contributed by atoms with Crippen LogP contribution in [0.2, 0.25) is 0 Å². The molecule has 0 radical (unpaired) electrons. The van der Waals surface area contributed by atoms with Gasteiger partial charge in [-0.3, -0.25) is 0 Å². The molecule has 3 nitrogen and oxygen atoms in total. The molecular weight excluding hydrogens is 1050 g/mol. The van der Waals surface area contributed by atoms with Crippen molar-refractivity contribution >= 4 is 74.3 Å². The van der Waals surface area contributed by atoms with Crippen LogP contribution in [-0.4, -0.2) is 6.71 Å². The molecule has 0 aromatic heterocycles. The quantitative estimate of drug-likeness (QED) is 0.140. The van der Waals surface area contributed by atoms with E-state index in [1.165, 1.54) is 106 Å². The van der Waals surface area contributed by atoms with Crippen molar-refractivity contribution in [2.24, 2.45) is 0 Å². The normalized spacial score (nSPS) is 14.0. The summed E-state index contributed by atoms with van der Waals surface area (Å²) in [5.74, 6) is 0. The lowest BCUT2D eigenvalue weighted by Crippen LogP contribution is -2.61. The third-order valence-corrected chi connectivity index (χ3v) is 19.0. The van der Waals surface area contributed by atoms with Crippen molar-refractivity contribution < 1.29 is 0 Å². The molecule has 0 fully saturated rings. The van der Waals surface area contributed by atoms with Crippen LogP contribution in [0.3, 0.4) is 0 Å². The highest BCUT2D eigenvalue weighted by Crippen LogP contribution is 2.58. The van der Waals surface area contributed by atoms with Crippen molar-refractivity contribution in [1.82, 2.24) is 0 Å². The first-order chi connectivity index (χ1) is 41.7. The topological polar surface area (TPSA) is 9.72 Å². The predicted octanol–water partition coefficient (Wildman–Crippen LogP) is 20.5. The molecule has 0 atom stereocenters. The second-order valence-corrected chi connectivity index (χ2v) is 28.6. The first-order valence-corrected chi connectivity index (χ1v) is 31.3. The minimum absolute atomic E-state index is 0.0122. The molecule has 11 aromatic rings. The molecule has 0 spiro atoms. The summed E-state index contributed by atoms with van der Waals surface area (Å²) in [6.45, 7) is 27.7. The number of rotatable bonds is 8. The summed E-state index contributed by atoms with van der Waals surface area (Å²) in [5.41, 5.74) is 28.6. The molecule has 0 unspecified atom stereocenters. The third-order valence-electron chi connectivity index (χ3n) is 19.0. The zero-order chi connectivity index (χ0) is 60.4. The van der Waals surface area contributed by atoms with Gasteiger partial charge in [-0.25, -0.2) is 0 Å². The van der Waals surface area contributed by atoms with Crippen LogP contribution in [-0.2, 0) is 27.1 Å². The van der Waals surface area contributed by atoms with E-state index in [-0.39, 0.29) is 28.4 Å². The van der Waals surface area contributed by atoms with Gasteiger partial charge in [0.2, 0.25) is 0 Å². The summed E-state index contributed by atoms with van der Waals surface area (Å²) in [7, 11) is 0. The van der Waals surface area contributed by atoms with Crippen molar-refractivity contribution in [3.05, 3.63) is 299 Å². The number of nitrogens with zero attached hydrogens (tertiary/aromatic N) is 3. The molecule has 11 aromatic carbocycles. The van der Waals surface area contributed by atoms with Gasteiger partial charge >= 0.3 is 0 Å². The zero-order valence-corrected chi connectivity index (χ0v) is 52.7. The van der Waals surface area contributed by atoms with Crippen molar-refractivity contribution in [2.75, 3.05) is 14.7 Å². The molecule has 0 N–H and O–H groups in total. The summed E-state index contributed by atoms with van der Waals surface area (Å²) in [4.78, 5) is 7.70. The maximum atomic E-state index is 2.63. The van der Waals surface area contributed by atoms with E-state index >= 15 is 0 Å². The van der Waals surface area contributed by atoms with Gasteiger partial charge in [0.1, 0.15) is 0 Å². The summed E-state index contributed by atoms with van der Waals surface area (Å²) in [6.07, 6.45) is 0. The van der Waals surface area contributed by atoms with Gasteiger partial charge in [0.15, 0.2) is 0 Å². The number of hydrogen-bond acceptors (Lipinski definition) is 3. The minimum atomic E-state index is -0.570. The average molecular weight is 1130 g/mol. The molecule has 87 heavy (non-hydrogen) atoms. The van der Waals surface area contributed by atoms with Gasteiger partial charge in [0.05, 0.1) is 5.41 Å². The van der Waals surface area contributed by atoms with E-state index in [0.29, 0.717) is 0 Å². The molecular formula is C83H78BN3. The number of anilines is 9. The largest absolute Gasteiger partial charge is 0.311 e. The van der Waals surface area contributed by atoms with E-state index < -0.39 is 5.41 Å². The monoisotopic (exact) mass is 1130 g/mol. The van der Waals surface area contributed by atoms with Gasteiger partial charge in [0.25, 0.3) is 6.71 Å². The Hall–Kier alpha value is -9.12. The van der Waals surface area contributed by atoms with Crippen LogP contribution in [0.1, 0.15) is 128 Å². The molecule has 14 rings (SSSR count). The molecule has 3 aliphatic rings. The standard InChI is InChI=1S/C83H78BN3/c1-79(2,3)57-33-39-63(40-34-57)85(64-41-35-58(36-42-64)80(4,5)6)67-46-48-72-75(54-67)86(65-43-37-59(38-44-65)81(7,8)9)76-51-62(82(10,11)12)52-77-78(76)84(72)73-50-56(55-24-16-13-17-25-55)32-49-74(73)87(77)66-45-47-69-68-30-22-23-31-70(68)83(71(69)53-66,60-26-18-14-19-27-60)61-28-20-15-21-29-61/h13-54H,1-12H3. The van der Waals surface area contributed by atoms with E-state index in [1.54, 1.807) is 0 Å². The van der Waals surface area contributed by atoms with Gasteiger partial charge < -0.3 is 14.7 Å². The predicted molar refractivity (Wildman–Crippen MR) is 373 cm³/mol. The lowest BCUT2D eigenvalue weighted by molar-refractivity contribution is 0.590. The molecule has 428 valence electrons. The Bertz CT molecular complexity index is 4310. The summed E-state index contributed by atoms with van der Waals surface area (Å²) in [6, 6.07) is 97.5. The van der Waals surface area contributed by atoms with Gasteiger partial charge in [0, 0.05) is 51.2 Å². The fourth-order valence-electron chi connectivity index (χ4n) is 14.3. The SMILES string of the molecule is CC(C)(C)c1ccc(N(c2ccc(C(C)(C)C)cc2)c2ccc3c(c2)N(c2ccc(C(C)(C)C)cc2)c2cc(C(C)(C)C)cc4c2B3c2cc(-c3ccccc3)ccc2N4c2ccc3c(c2)C(c2ccccc2)(c2ccccc2)c2ccccc2-3)cc1. The van der Waals surface area contributed by atoms with E-state index in [9.17, 15) is 0 Å². The van der Waals surface area contributed by atoms with Crippen LogP contribution in [0.15, 0.2) is 255 Å². The number of fused-ring (bicyclic) bond motifs is 7. The highest BCUT2D eigenvalue weighted by Gasteiger charge is 2.48. The highest BCUT2D eigenvalue weighted by atomic mass is 15.2. The Morgan fingerprint density at radius 3 is 1.31 bits per heavy atom. The van der Waals surface area contributed by atoms with Crippen molar-refractivity contribution in [2.45, 2.75) is 110 Å². The summed E-state index contributed by atoms with van der Waals surface area (Å²) in [5, 5.41) is 0. The summed E-state index contributed by atoms with van der Waals surface area (Å²) >= 11 is 0. The van der Waals surface area contributed by atoms with Gasteiger partial charge in [-0.15, -0.1) is 0 Å². The second kappa shape index (κ2) is 20.5. The molecule has 0 saturated carbocycles. The van der Waals surface area contributed by atoms with E-state index in [0.717, 1.165) is 28.4 Å². The Morgan fingerprint density at radius 2 is 0.770 bits per heavy atom. The van der Waals surface area contributed by atoms with Crippen LogP contribution >= 0.6 is 0 Å². The van der Waals surface area contributed by atoms with Crippen LogP contribution < -0.4 is 31.1 Å². The number of hydrogen-bond donors (Lipinski definition) is 0. The van der Waals surface area contributed by atoms with Gasteiger partial charge in [-0.05, 0) is 184 Å². The molecule has 4 heteroatoms. The maximum absolute atomic E-state index is 2.63. The van der Waals surface area contributed by atoms with Crippen LogP contribution in [0.5, 0.6) is 0 Å². The first kappa shape index (κ1) is 55.7. The zero-order valence-electron chi connectivity index (χ0n) is 52.7. The molecule has 0 bridgehead atoms. The fraction of sp³-hybridized carbons (Fsp3) is 0.205. The van der Waals surface area contributed by atoms with Crippen LogP contribution in [0, 0.1) is 0 Å². The Balaban J connectivity index is 1.06. The first-order valence-electron chi connectivity index (χ1n) is 31.3. The lowest BCUT2D eigenvalue weighted by atomic mass is 9.33. The van der Waals surface area contributed by atoms with E-state index in [1.807, 2.05) is 0 Å². The van der Waals surface area contributed by atoms with Gasteiger partial charge in [-0.2, -0.15) is 0 Å². The lowest BCUT2D eigenvalue weighted by Gasteiger charge is -2.45. The third kappa shape index (κ3) is 9.34. The van der Waals surface area contributed by atoms with Crippen molar-refractivity contribution in [3.63, 3.8) is 0 Å². The van der Waals surface area contributed by atoms with E-state index in [2.05, 4.69) is 353 Å². The molecule has 2 aliphatic heterocycles. The van der Waals surface area contributed by atoms with Crippen LogP contribution in [0.25, 0.3) is 22.3 Å². The van der Waals surface area contributed by atoms with Crippen molar-refractivity contribution in [3.8, 4) is 22.3 Å². The average Bonchev–Trinajstić information content (AvgIpc) is 1.75. The minimum Gasteiger partial charge on any atom is -0.311 e. The van der Waals surface area contributed by atoms with Crippen LogP contribution in [0.4, 0.5) is 51.2 Å². The molecule has 2 heterocycles. The Labute approximate surface area is 517 Å². The second-order valence-electron chi connectivity index (χ2n) is 28.6. The maximum Gasteiger partial charge on any atom is 0.252 e. The molecule has 1 aliphatic carbocycles. The highest BCUT2D eigenvalue weighted by molar-refractivity contribution is 7.00. The Morgan fingerprint density at radius 1 is 0.310 bits per heavy atom.